The summed E-state index contributed by atoms with van der Waals surface area (Å²) in [4.78, 5) is 0. The van der Waals surface area contributed by atoms with Gasteiger partial charge in [0.2, 0.25) is 4.77 Å². The summed E-state index contributed by atoms with van der Waals surface area (Å²) in [6.45, 7) is 2.00. The predicted molar refractivity (Wildman–Crippen MR) is 98.7 cm³/mol. The van der Waals surface area contributed by atoms with E-state index in [0.717, 1.165) is 11.1 Å². The quantitative estimate of drug-likeness (QED) is 0.507. The SMILES string of the molecule is Cc1ccc(-c2n[nH]c(=S)n2/N=C/c2cc(Cl)cc(Cl)c2O)cc1. The molecule has 2 N–H and O–H groups in total. The number of hydrogen-bond acceptors (Lipinski definition) is 4. The molecule has 0 radical (unpaired) electrons. The second-order valence-corrected chi connectivity index (χ2v) is 6.33. The van der Waals surface area contributed by atoms with Gasteiger partial charge in [-0.3, -0.25) is 0 Å². The van der Waals surface area contributed by atoms with Gasteiger partial charge in [-0.15, -0.1) is 0 Å². The Balaban J connectivity index is 2.04. The van der Waals surface area contributed by atoms with E-state index in [1.54, 1.807) is 6.07 Å². The fourth-order valence-corrected chi connectivity index (χ4v) is 2.78. The number of nitrogens with zero attached hydrogens (tertiary/aromatic N) is 3. The van der Waals surface area contributed by atoms with E-state index in [1.807, 2.05) is 31.2 Å². The number of benzene rings is 2. The van der Waals surface area contributed by atoms with Crippen LogP contribution in [0.3, 0.4) is 0 Å². The van der Waals surface area contributed by atoms with Gasteiger partial charge in [0.05, 0.1) is 11.2 Å². The normalized spacial score (nSPS) is 11.3. The second-order valence-electron chi connectivity index (χ2n) is 5.10. The van der Waals surface area contributed by atoms with Crippen LogP contribution in [0.1, 0.15) is 11.1 Å². The van der Waals surface area contributed by atoms with Crippen molar-refractivity contribution in [3.8, 4) is 17.1 Å². The monoisotopic (exact) mass is 378 g/mol. The number of phenolic OH excluding ortho intramolecular Hbond substituents is 1. The molecule has 0 spiro atoms. The largest absolute Gasteiger partial charge is 0.506 e. The van der Waals surface area contributed by atoms with E-state index in [0.29, 0.717) is 21.2 Å². The maximum absolute atomic E-state index is 10.00. The molecule has 0 aliphatic heterocycles. The average Bonchev–Trinajstić information content (AvgIpc) is 2.91. The molecular formula is C16H12Cl2N4OS. The van der Waals surface area contributed by atoms with Crippen molar-refractivity contribution in [2.24, 2.45) is 5.10 Å². The van der Waals surface area contributed by atoms with Crippen LogP contribution in [0.5, 0.6) is 5.75 Å². The van der Waals surface area contributed by atoms with Crippen molar-refractivity contribution in [1.82, 2.24) is 14.9 Å². The Morgan fingerprint density at radius 3 is 2.67 bits per heavy atom. The lowest BCUT2D eigenvalue weighted by Crippen LogP contribution is -1.95. The zero-order chi connectivity index (χ0) is 17.3. The van der Waals surface area contributed by atoms with Gasteiger partial charge in [0.1, 0.15) is 5.75 Å². The van der Waals surface area contributed by atoms with E-state index < -0.39 is 0 Å². The smallest absolute Gasteiger partial charge is 0.216 e. The fraction of sp³-hybridized carbons (Fsp3) is 0.0625. The number of H-pyrrole nitrogens is 1. The van der Waals surface area contributed by atoms with Gasteiger partial charge in [-0.25, -0.2) is 5.10 Å². The highest BCUT2D eigenvalue weighted by atomic mass is 35.5. The van der Waals surface area contributed by atoms with Gasteiger partial charge in [0, 0.05) is 16.1 Å². The second kappa shape index (κ2) is 6.76. The summed E-state index contributed by atoms with van der Waals surface area (Å²) in [6.07, 6.45) is 1.43. The van der Waals surface area contributed by atoms with Crippen molar-refractivity contribution < 1.29 is 5.11 Å². The first-order valence-electron chi connectivity index (χ1n) is 6.92. The van der Waals surface area contributed by atoms with E-state index in [-0.39, 0.29) is 10.8 Å². The van der Waals surface area contributed by atoms with Gasteiger partial charge in [0.25, 0.3) is 0 Å². The molecule has 24 heavy (non-hydrogen) atoms. The third kappa shape index (κ3) is 3.36. The summed E-state index contributed by atoms with van der Waals surface area (Å²) in [6, 6.07) is 10.8. The number of halogens is 2. The highest BCUT2D eigenvalue weighted by Crippen LogP contribution is 2.30. The molecule has 1 heterocycles. The number of rotatable bonds is 3. The van der Waals surface area contributed by atoms with Crippen molar-refractivity contribution in [3.05, 3.63) is 62.3 Å². The minimum Gasteiger partial charge on any atom is -0.506 e. The molecule has 0 atom stereocenters. The highest BCUT2D eigenvalue weighted by Gasteiger charge is 2.09. The maximum atomic E-state index is 10.00. The van der Waals surface area contributed by atoms with E-state index >= 15 is 0 Å². The standard InChI is InChI=1S/C16H12Cl2N4OS/c1-9-2-4-10(5-3-9)15-20-21-16(24)22(15)19-8-11-6-12(17)7-13(18)14(11)23/h2-8,23H,1H3,(H,21,24)/b19-8+. The van der Waals surface area contributed by atoms with Crippen LogP contribution in [-0.2, 0) is 0 Å². The van der Waals surface area contributed by atoms with Crippen molar-refractivity contribution in [2.45, 2.75) is 6.92 Å². The predicted octanol–water partition coefficient (Wildman–Crippen LogP) is 4.81. The van der Waals surface area contributed by atoms with Crippen molar-refractivity contribution >= 4 is 41.6 Å². The summed E-state index contributed by atoms with van der Waals surface area (Å²) < 4.78 is 1.79. The maximum Gasteiger partial charge on any atom is 0.216 e. The van der Waals surface area contributed by atoms with Gasteiger partial charge < -0.3 is 5.11 Å². The minimum atomic E-state index is -0.100. The van der Waals surface area contributed by atoms with Gasteiger partial charge >= 0.3 is 0 Å². The van der Waals surface area contributed by atoms with E-state index in [1.165, 1.54) is 17.0 Å². The molecule has 2 aromatic carbocycles. The van der Waals surface area contributed by atoms with Crippen LogP contribution in [0.15, 0.2) is 41.5 Å². The first kappa shape index (κ1) is 16.7. The number of aryl methyl sites for hydroxylation is 1. The van der Waals surface area contributed by atoms with Crippen LogP contribution in [0.4, 0.5) is 0 Å². The van der Waals surface area contributed by atoms with Gasteiger partial charge in [0.15, 0.2) is 5.82 Å². The summed E-state index contributed by atoms with van der Waals surface area (Å²) in [5.74, 6) is 0.459. The van der Waals surface area contributed by atoms with Gasteiger partial charge in [-0.05, 0) is 31.3 Å². The molecule has 0 saturated carbocycles. The molecule has 0 amide bonds. The molecule has 1 aromatic heterocycles. The minimum absolute atomic E-state index is 0.100. The molecule has 5 nitrogen and oxygen atoms in total. The van der Waals surface area contributed by atoms with Crippen molar-refractivity contribution in [3.63, 3.8) is 0 Å². The van der Waals surface area contributed by atoms with Gasteiger partial charge in [-0.2, -0.15) is 14.9 Å². The summed E-state index contributed by atoms with van der Waals surface area (Å²) in [7, 11) is 0. The molecule has 0 unspecified atom stereocenters. The zero-order valence-corrected chi connectivity index (χ0v) is 14.8. The molecule has 0 aliphatic carbocycles. The Labute approximate surface area is 153 Å². The lowest BCUT2D eigenvalue weighted by molar-refractivity contribution is 0.474. The summed E-state index contributed by atoms with van der Waals surface area (Å²) in [5, 5.41) is 21.8. The van der Waals surface area contributed by atoms with Crippen molar-refractivity contribution in [2.75, 3.05) is 0 Å². The first-order valence-corrected chi connectivity index (χ1v) is 8.09. The molecule has 0 saturated heterocycles. The average molecular weight is 379 g/mol. The number of nitrogens with one attached hydrogen (secondary N) is 1. The topological polar surface area (TPSA) is 66.2 Å². The molecule has 8 heteroatoms. The Hall–Kier alpha value is -2.15. The summed E-state index contributed by atoms with van der Waals surface area (Å²) >= 11 is 17.1. The first-order chi connectivity index (χ1) is 11.5. The zero-order valence-electron chi connectivity index (χ0n) is 12.5. The Morgan fingerprint density at radius 2 is 1.96 bits per heavy atom. The number of hydrogen-bond donors (Lipinski definition) is 2. The van der Waals surface area contributed by atoms with E-state index in [9.17, 15) is 5.11 Å². The molecule has 122 valence electrons. The number of aromatic hydroxyl groups is 1. The van der Waals surface area contributed by atoms with E-state index in [4.69, 9.17) is 35.4 Å². The van der Waals surface area contributed by atoms with Crippen LogP contribution in [0.2, 0.25) is 10.0 Å². The molecule has 0 aliphatic rings. The van der Waals surface area contributed by atoms with Gasteiger partial charge in [-0.1, -0.05) is 53.0 Å². The third-order valence-electron chi connectivity index (χ3n) is 3.33. The number of aromatic amines is 1. The molecule has 0 bridgehead atoms. The third-order valence-corrected chi connectivity index (χ3v) is 4.10. The number of phenols is 1. The Morgan fingerprint density at radius 1 is 1.25 bits per heavy atom. The fourth-order valence-electron chi connectivity index (χ4n) is 2.09. The molecule has 3 rings (SSSR count). The lowest BCUT2D eigenvalue weighted by Gasteiger charge is -2.04. The lowest BCUT2D eigenvalue weighted by atomic mass is 10.1. The highest BCUT2D eigenvalue weighted by molar-refractivity contribution is 7.71. The Bertz CT molecular complexity index is 977. The number of aromatic nitrogens is 3. The van der Waals surface area contributed by atoms with Crippen LogP contribution in [0, 0.1) is 11.7 Å². The van der Waals surface area contributed by atoms with Crippen molar-refractivity contribution in [1.29, 1.82) is 0 Å². The van der Waals surface area contributed by atoms with E-state index in [2.05, 4.69) is 15.3 Å². The van der Waals surface area contributed by atoms with Crippen LogP contribution < -0.4 is 0 Å². The Kier molecular flexibility index (Phi) is 4.71. The molecular weight excluding hydrogens is 367 g/mol. The van der Waals surface area contributed by atoms with Crippen LogP contribution in [-0.4, -0.2) is 26.2 Å². The molecule has 3 aromatic rings. The summed E-state index contributed by atoms with van der Waals surface area (Å²) in [5.41, 5.74) is 2.38. The molecule has 0 fully saturated rings. The van der Waals surface area contributed by atoms with Crippen LogP contribution in [0.25, 0.3) is 11.4 Å². The van der Waals surface area contributed by atoms with Crippen LogP contribution >= 0.6 is 35.4 Å².